The van der Waals surface area contributed by atoms with Gasteiger partial charge in [0.1, 0.15) is 0 Å². The number of halogens is 2. The molecule has 0 aliphatic carbocycles. The standard InChI is InChI=1S/C12H13BrClN3O2S/c1-3-6-17-11(15-16-12(17)20(14,18)19)9-5-4-8(2)7-10(9)13/h4-5,7H,3,6H2,1-2H3. The van der Waals surface area contributed by atoms with Crippen molar-refractivity contribution in [1.29, 1.82) is 0 Å². The molecule has 8 heteroatoms. The van der Waals surface area contributed by atoms with Gasteiger partial charge in [-0.2, -0.15) is 0 Å². The second kappa shape index (κ2) is 5.83. The number of aryl methyl sites for hydroxylation is 1. The maximum Gasteiger partial charge on any atom is 0.296 e. The number of hydrogen-bond acceptors (Lipinski definition) is 4. The van der Waals surface area contributed by atoms with Crippen LogP contribution in [0.15, 0.2) is 27.8 Å². The van der Waals surface area contributed by atoms with E-state index < -0.39 is 9.05 Å². The number of rotatable bonds is 4. The maximum absolute atomic E-state index is 11.5. The van der Waals surface area contributed by atoms with Gasteiger partial charge in [-0.15, -0.1) is 10.2 Å². The van der Waals surface area contributed by atoms with Crippen LogP contribution in [0.25, 0.3) is 11.4 Å². The maximum atomic E-state index is 11.5. The normalized spacial score (nSPS) is 11.8. The lowest BCUT2D eigenvalue weighted by molar-refractivity contribution is 0.570. The van der Waals surface area contributed by atoms with E-state index in [0.717, 1.165) is 22.0 Å². The molecule has 0 saturated heterocycles. The third-order valence-electron chi connectivity index (χ3n) is 2.75. The van der Waals surface area contributed by atoms with Crippen molar-refractivity contribution in [2.24, 2.45) is 0 Å². The monoisotopic (exact) mass is 377 g/mol. The van der Waals surface area contributed by atoms with Crippen LogP contribution in [0.2, 0.25) is 0 Å². The summed E-state index contributed by atoms with van der Waals surface area (Å²) in [6.45, 7) is 4.39. The molecule has 1 aromatic carbocycles. The van der Waals surface area contributed by atoms with Crippen LogP contribution in [0, 0.1) is 6.92 Å². The summed E-state index contributed by atoms with van der Waals surface area (Å²) in [7, 11) is 1.48. The van der Waals surface area contributed by atoms with Crippen molar-refractivity contribution in [3.8, 4) is 11.4 Å². The zero-order chi connectivity index (χ0) is 14.9. The zero-order valence-electron chi connectivity index (χ0n) is 11.0. The molecule has 1 heterocycles. The van der Waals surface area contributed by atoms with Gasteiger partial charge in [0.25, 0.3) is 14.2 Å². The van der Waals surface area contributed by atoms with Gasteiger partial charge in [-0.05, 0) is 31.0 Å². The highest BCUT2D eigenvalue weighted by atomic mass is 79.9. The predicted octanol–water partition coefficient (Wildman–Crippen LogP) is 3.35. The van der Waals surface area contributed by atoms with Crippen LogP contribution in [0.3, 0.4) is 0 Å². The highest BCUT2D eigenvalue weighted by Gasteiger charge is 2.23. The molecule has 0 N–H and O–H groups in total. The van der Waals surface area contributed by atoms with Crippen molar-refractivity contribution in [2.45, 2.75) is 32.0 Å². The second-order valence-corrected chi connectivity index (χ2v) is 7.69. The van der Waals surface area contributed by atoms with E-state index in [-0.39, 0.29) is 5.16 Å². The third kappa shape index (κ3) is 3.05. The third-order valence-corrected chi connectivity index (χ3v) is 4.56. The van der Waals surface area contributed by atoms with Crippen molar-refractivity contribution in [3.63, 3.8) is 0 Å². The van der Waals surface area contributed by atoms with E-state index in [1.165, 1.54) is 4.57 Å². The fourth-order valence-corrected chi connectivity index (χ4v) is 3.49. The number of aromatic nitrogens is 3. The van der Waals surface area contributed by atoms with Gasteiger partial charge < -0.3 is 0 Å². The van der Waals surface area contributed by atoms with Crippen LogP contribution in [0.5, 0.6) is 0 Å². The Kier molecular flexibility index (Phi) is 4.51. The lowest BCUT2D eigenvalue weighted by atomic mass is 10.1. The van der Waals surface area contributed by atoms with Crippen LogP contribution < -0.4 is 0 Å². The first kappa shape index (κ1) is 15.5. The number of benzene rings is 1. The summed E-state index contributed by atoms with van der Waals surface area (Å²) in [4.78, 5) is 0. The predicted molar refractivity (Wildman–Crippen MR) is 81.2 cm³/mol. The van der Waals surface area contributed by atoms with Crippen molar-refractivity contribution >= 4 is 35.7 Å². The Morgan fingerprint density at radius 1 is 1.35 bits per heavy atom. The first-order chi connectivity index (χ1) is 9.34. The molecular formula is C12H13BrClN3O2S. The summed E-state index contributed by atoms with van der Waals surface area (Å²) in [5, 5.41) is 7.48. The summed E-state index contributed by atoms with van der Waals surface area (Å²) < 4.78 is 25.4. The Morgan fingerprint density at radius 2 is 2.05 bits per heavy atom. The molecule has 1 aromatic heterocycles. The SMILES string of the molecule is CCCn1c(-c2ccc(C)cc2Br)nnc1S(=O)(=O)Cl. The molecule has 0 bridgehead atoms. The van der Waals surface area contributed by atoms with Crippen molar-refractivity contribution in [2.75, 3.05) is 0 Å². The van der Waals surface area contributed by atoms with E-state index in [2.05, 4.69) is 26.1 Å². The Bertz CT molecular complexity index is 743. The van der Waals surface area contributed by atoms with E-state index >= 15 is 0 Å². The molecule has 2 aromatic rings. The lowest BCUT2D eigenvalue weighted by Crippen LogP contribution is -2.07. The van der Waals surface area contributed by atoms with E-state index in [1.54, 1.807) is 0 Å². The highest BCUT2D eigenvalue weighted by Crippen LogP contribution is 2.29. The van der Waals surface area contributed by atoms with E-state index in [1.807, 2.05) is 32.0 Å². The molecule has 0 spiro atoms. The van der Waals surface area contributed by atoms with Gasteiger partial charge in [-0.3, -0.25) is 4.57 Å². The molecule has 0 aliphatic rings. The van der Waals surface area contributed by atoms with Crippen LogP contribution >= 0.6 is 26.6 Å². The lowest BCUT2D eigenvalue weighted by Gasteiger charge is -2.09. The minimum absolute atomic E-state index is 0.219. The minimum atomic E-state index is -3.92. The molecule has 0 aliphatic heterocycles. The second-order valence-electron chi connectivity index (χ2n) is 4.38. The summed E-state index contributed by atoms with van der Waals surface area (Å²) in [6.07, 6.45) is 0.744. The fraction of sp³-hybridized carbons (Fsp3) is 0.333. The van der Waals surface area contributed by atoms with Crippen LogP contribution in [0.1, 0.15) is 18.9 Å². The molecular weight excluding hydrogens is 366 g/mol. The van der Waals surface area contributed by atoms with Gasteiger partial charge in [0.05, 0.1) is 0 Å². The van der Waals surface area contributed by atoms with Crippen LogP contribution in [0.4, 0.5) is 0 Å². The molecule has 2 rings (SSSR count). The van der Waals surface area contributed by atoms with Gasteiger partial charge in [-0.1, -0.05) is 28.9 Å². The molecule has 108 valence electrons. The van der Waals surface area contributed by atoms with Gasteiger partial charge in [-0.25, -0.2) is 8.42 Å². The van der Waals surface area contributed by atoms with Gasteiger partial charge >= 0.3 is 0 Å². The molecule has 0 saturated carbocycles. The first-order valence-electron chi connectivity index (χ1n) is 5.99. The Balaban J connectivity index is 2.66. The molecule has 0 amide bonds. The molecule has 0 atom stereocenters. The summed E-state index contributed by atoms with van der Waals surface area (Å²) in [6, 6.07) is 5.75. The van der Waals surface area contributed by atoms with Gasteiger partial charge in [0.2, 0.25) is 0 Å². The smallest absolute Gasteiger partial charge is 0.296 e. The molecule has 0 fully saturated rings. The topological polar surface area (TPSA) is 64.8 Å². The Labute approximate surface area is 130 Å². The van der Waals surface area contributed by atoms with Crippen molar-refractivity contribution in [1.82, 2.24) is 14.8 Å². The summed E-state index contributed by atoms with van der Waals surface area (Å²) >= 11 is 3.47. The zero-order valence-corrected chi connectivity index (χ0v) is 14.1. The summed E-state index contributed by atoms with van der Waals surface area (Å²) in [5.41, 5.74) is 1.87. The first-order valence-corrected chi connectivity index (χ1v) is 9.09. The molecule has 20 heavy (non-hydrogen) atoms. The van der Waals surface area contributed by atoms with Crippen molar-refractivity contribution in [3.05, 3.63) is 28.2 Å². The quantitative estimate of drug-likeness (QED) is 0.765. The number of hydrogen-bond donors (Lipinski definition) is 0. The van der Waals surface area contributed by atoms with E-state index in [9.17, 15) is 8.42 Å². The number of nitrogens with zero attached hydrogens (tertiary/aromatic N) is 3. The van der Waals surface area contributed by atoms with Gasteiger partial charge in [0.15, 0.2) is 5.82 Å². The average Bonchev–Trinajstić information content (AvgIpc) is 2.73. The van der Waals surface area contributed by atoms with Gasteiger partial charge in [0, 0.05) is 27.3 Å². The van der Waals surface area contributed by atoms with E-state index in [0.29, 0.717) is 12.4 Å². The minimum Gasteiger partial charge on any atom is -0.297 e. The summed E-state index contributed by atoms with van der Waals surface area (Å²) in [5.74, 6) is 0.484. The van der Waals surface area contributed by atoms with E-state index in [4.69, 9.17) is 10.7 Å². The van der Waals surface area contributed by atoms with Crippen LogP contribution in [-0.2, 0) is 15.6 Å². The highest BCUT2D eigenvalue weighted by molar-refractivity contribution is 9.10. The Hall–Kier alpha value is -0.920. The molecule has 5 nitrogen and oxygen atoms in total. The Morgan fingerprint density at radius 3 is 2.60 bits per heavy atom. The molecule has 0 unspecified atom stereocenters. The fourth-order valence-electron chi connectivity index (χ4n) is 1.89. The molecule has 0 radical (unpaired) electrons. The van der Waals surface area contributed by atoms with Crippen LogP contribution in [-0.4, -0.2) is 23.2 Å². The average molecular weight is 379 g/mol. The largest absolute Gasteiger partial charge is 0.297 e. The van der Waals surface area contributed by atoms with Crippen molar-refractivity contribution < 1.29 is 8.42 Å².